The number of anilines is 2. The van der Waals surface area contributed by atoms with Crippen molar-refractivity contribution in [3.05, 3.63) is 69.6 Å². The number of amidine groups is 1. The molecule has 0 aliphatic carbocycles. The average Bonchev–Trinajstić information content (AvgIpc) is 3.31. The molecule has 0 unspecified atom stereocenters. The fourth-order valence-corrected chi connectivity index (χ4v) is 5.62. The Morgan fingerprint density at radius 3 is 2.56 bits per heavy atom. The second-order valence-corrected chi connectivity index (χ2v) is 11.9. The second-order valence-electron chi connectivity index (χ2n) is 7.80. The van der Waals surface area contributed by atoms with Gasteiger partial charge in [-0.05, 0) is 0 Å². The van der Waals surface area contributed by atoms with Crippen LogP contribution in [0.15, 0.2) is 54.8 Å². The van der Waals surface area contributed by atoms with Crippen LogP contribution in [0, 0.1) is 5.82 Å². The van der Waals surface area contributed by atoms with Crippen LogP contribution in [0.3, 0.4) is 0 Å². The average molecular weight is 694 g/mol. The molecule has 0 spiro atoms. The Morgan fingerprint density at radius 2 is 1.89 bits per heavy atom. The molecule has 0 radical (unpaired) electrons. The molecule has 1 aromatic heterocycles. The van der Waals surface area contributed by atoms with Crippen LogP contribution >= 0.6 is 15.9 Å². The van der Waals surface area contributed by atoms with Crippen molar-refractivity contribution in [2.45, 2.75) is 6.54 Å². The van der Waals surface area contributed by atoms with E-state index in [4.69, 9.17) is 4.63 Å². The first-order valence-electron chi connectivity index (χ1n) is 10.5. The van der Waals surface area contributed by atoms with E-state index in [0.717, 1.165) is 5.56 Å². The van der Waals surface area contributed by atoms with Crippen molar-refractivity contribution in [2.24, 2.45) is 3.21 Å². The maximum atomic E-state index is 13.5. The van der Waals surface area contributed by atoms with Gasteiger partial charge in [0.25, 0.3) is 0 Å². The molecule has 1 aliphatic heterocycles. The van der Waals surface area contributed by atoms with E-state index in [1.54, 1.807) is 24.3 Å². The number of hydrogen-bond acceptors (Lipinski definition) is 9. The molecule has 1 fully saturated rings. The summed E-state index contributed by atoms with van der Waals surface area (Å²) >= 11 is 1.54. The van der Waals surface area contributed by atoms with Crippen molar-refractivity contribution in [3.8, 4) is 0 Å². The Labute approximate surface area is 225 Å². The van der Waals surface area contributed by atoms with Crippen LogP contribution in [0.2, 0.25) is 0 Å². The normalized spacial score (nSPS) is 16.1. The molecule has 11 nitrogen and oxygen atoms in total. The molecular weight excluding hydrogens is 674 g/mol. The van der Waals surface area contributed by atoms with Crippen molar-refractivity contribution in [1.82, 2.24) is 15.2 Å². The van der Waals surface area contributed by atoms with E-state index >= 15 is 0 Å². The molecule has 0 saturated carbocycles. The van der Waals surface area contributed by atoms with E-state index in [0.29, 0.717) is 30.9 Å². The molecule has 36 heavy (non-hydrogen) atoms. The number of nitrogens with one attached hydrogen (secondary N) is 2. The molecule has 2 aromatic carbocycles. The number of carbonyl (C=O) groups excluding carboxylic acids is 1. The van der Waals surface area contributed by atoms with Crippen LogP contribution in [-0.4, -0.2) is 63.4 Å². The van der Waals surface area contributed by atoms with Gasteiger partial charge < -0.3 is 0 Å². The van der Waals surface area contributed by atoms with Gasteiger partial charge in [0, 0.05) is 13.1 Å². The maximum absolute atomic E-state index is 13.5. The van der Waals surface area contributed by atoms with Crippen molar-refractivity contribution < 1.29 is 47.6 Å². The molecule has 2 heterocycles. The summed E-state index contributed by atoms with van der Waals surface area (Å²) in [6.45, 7) is 1.55. The third kappa shape index (κ3) is 6.84. The zero-order valence-corrected chi connectivity index (χ0v) is 23.0. The van der Waals surface area contributed by atoms with E-state index in [2.05, 4.69) is 45.0 Å². The molecule has 1 amide bonds. The van der Waals surface area contributed by atoms with Crippen LogP contribution in [0.4, 0.5) is 15.9 Å². The number of nitrogens with zero attached hydrogens (tertiary/aromatic N) is 4. The summed E-state index contributed by atoms with van der Waals surface area (Å²) in [5.41, 5.74) is 1.83. The number of aromatic nitrogens is 2. The topological polar surface area (TPSA) is 150 Å². The number of rotatable bonds is 7. The van der Waals surface area contributed by atoms with Crippen molar-refractivity contribution in [3.63, 3.8) is 0 Å². The van der Waals surface area contributed by atoms with Gasteiger partial charge in [0.15, 0.2) is 9.84 Å². The van der Waals surface area contributed by atoms with E-state index in [1.807, 2.05) is 0 Å². The first kappa shape index (κ1) is 26.6. The summed E-state index contributed by atoms with van der Waals surface area (Å²) in [5.74, 6) is -0.524. The monoisotopic (exact) mass is 693 g/mol. The third-order valence-corrected chi connectivity index (χ3v) is 8.22. The van der Waals surface area contributed by atoms with Crippen molar-refractivity contribution >= 4 is 49.0 Å². The summed E-state index contributed by atoms with van der Waals surface area (Å²) in [7, 11) is -2.94. The Morgan fingerprint density at radius 1 is 1.17 bits per heavy atom. The summed E-state index contributed by atoms with van der Waals surface area (Å²) in [6, 6.07) is 11.1. The molecule has 4 rings (SSSR count). The molecule has 0 bridgehead atoms. The molecule has 15 heteroatoms. The van der Waals surface area contributed by atoms with Crippen LogP contribution in [0.25, 0.3) is 0 Å². The predicted octanol–water partition coefficient (Wildman–Crippen LogP) is -0.776. The molecular formula is C21H20BrFIN6O5S-. The first-order valence-corrected chi connectivity index (χ1v) is 15.0. The summed E-state index contributed by atoms with van der Waals surface area (Å²) in [6.07, 6.45) is 0. The van der Waals surface area contributed by atoms with Gasteiger partial charge >= 0.3 is 183 Å². The second kappa shape index (κ2) is 11.7. The SMILES string of the molecule is O=C(Nc1nonc1C(=N[I-]O)Nc1ccc(F)c(Br)c1)c1ccc(CN2CCS(=O)(=O)CC2)cc1. The van der Waals surface area contributed by atoms with Crippen LogP contribution < -0.4 is 32.5 Å². The van der Waals surface area contributed by atoms with Crippen LogP contribution in [0.5, 0.6) is 0 Å². The quantitative estimate of drug-likeness (QED) is 0.165. The van der Waals surface area contributed by atoms with Crippen molar-refractivity contribution in [2.75, 3.05) is 35.2 Å². The van der Waals surface area contributed by atoms with Gasteiger partial charge in [0.1, 0.15) is 0 Å². The number of halogens is 3. The minimum atomic E-state index is -2.94. The van der Waals surface area contributed by atoms with Gasteiger partial charge in [0.05, 0.1) is 11.5 Å². The molecule has 1 saturated heterocycles. The zero-order valence-electron chi connectivity index (χ0n) is 18.5. The van der Waals surface area contributed by atoms with Gasteiger partial charge in [0.2, 0.25) is 0 Å². The Balaban J connectivity index is 1.43. The first-order chi connectivity index (χ1) is 17.2. The summed E-state index contributed by atoms with van der Waals surface area (Å²) < 4.78 is 55.2. The van der Waals surface area contributed by atoms with E-state index < -0.39 is 43.5 Å². The Bertz CT molecular complexity index is 1370. The van der Waals surface area contributed by atoms with Gasteiger partial charge in [-0.1, -0.05) is 0 Å². The minimum absolute atomic E-state index is 0.0107. The van der Waals surface area contributed by atoms with Crippen LogP contribution in [0.1, 0.15) is 21.6 Å². The van der Waals surface area contributed by atoms with Crippen LogP contribution in [-0.2, 0) is 16.4 Å². The number of amides is 1. The summed E-state index contributed by atoms with van der Waals surface area (Å²) in [5, 5.41) is 13.1. The molecule has 0 atom stereocenters. The van der Waals surface area contributed by atoms with E-state index in [1.165, 1.54) is 18.2 Å². The molecule has 1 aliphatic rings. The molecule has 3 aromatic rings. The van der Waals surface area contributed by atoms with Gasteiger partial charge in [-0.2, -0.15) is 0 Å². The van der Waals surface area contributed by atoms with Crippen molar-refractivity contribution in [1.29, 1.82) is 0 Å². The standard InChI is InChI=1S/C21H20BrFIN6O5S/c22-16-11-15(5-6-17(16)23)25-19(27-24-32)18-20(29-35-28-18)26-21(31)14-3-1-13(2-4-14)12-30-7-9-36(33,34)10-8-30/h1-6,11,32H,7-10,12H2,(H,25,27)(H,26,29,31)/q-1. The molecule has 192 valence electrons. The van der Waals surface area contributed by atoms with Gasteiger partial charge in [-0.3, -0.25) is 0 Å². The fourth-order valence-electron chi connectivity index (χ4n) is 3.40. The fraction of sp³-hybridized carbons (Fsp3) is 0.238. The van der Waals surface area contributed by atoms with E-state index in [9.17, 15) is 21.0 Å². The Kier molecular flexibility index (Phi) is 8.66. The number of hydrogen-bond donors (Lipinski definition) is 3. The Hall–Kier alpha value is -2.47. The van der Waals surface area contributed by atoms with Gasteiger partial charge in [-0.25, -0.2) is 8.42 Å². The summed E-state index contributed by atoms with van der Waals surface area (Å²) in [4.78, 5) is 14.9. The number of sulfone groups is 1. The number of carbonyl (C=O) groups is 1. The third-order valence-electron chi connectivity index (χ3n) is 5.31. The molecule has 3 N–H and O–H groups in total. The number of benzene rings is 2. The zero-order chi connectivity index (χ0) is 25.7. The predicted molar refractivity (Wildman–Crippen MR) is 129 cm³/mol. The van der Waals surface area contributed by atoms with Gasteiger partial charge in [-0.15, -0.1) is 0 Å². The van der Waals surface area contributed by atoms with E-state index in [-0.39, 0.29) is 33.3 Å².